The average Bonchev–Trinajstić information content (AvgIpc) is 3.04. The molecule has 0 unspecified atom stereocenters. The average molecular weight is 531 g/mol. The van der Waals surface area contributed by atoms with Gasteiger partial charge in [0.15, 0.2) is 6.61 Å². The summed E-state index contributed by atoms with van der Waals surface area (Å²) in [6, 6.07) is 12.3. The van der Waals surface area contributed by atoms with Crippen molar-refractivity contribution >= 4 is 72.6 Å². The maximum Gasteiger partial charge on any atom is 0.311 e. The van der Waals surface area contributed by atoms with Crippen LogP contribution in [0.15, 0.2) is 51.4 Å². The number of amides is 2. The Morgan fingerprint density at radius 2 is 1.82 bits per heavy atom. The van der Waals surface area contributed by atoms with Gasteiger partial charge in [-0.3, -0.25) is 14.4 Å². The van der Waals surface area contributed by atoms with Gasteiger partial charge in [-0.15, -0.1) is 0 Å². The fourth-order valence-corrected chi connectivity index (χ4v) is 3.75. The lowest BCUT2D eigenvalue weighted by Gasteiger charge is -2.16. The number of nitrogens with one attached hydrogen (secondary N) is 1. The van der Waals surface area contributed by atoms with Crippen molar-refractivity contribution in [3.05, 3.63) is 56.4 Å². The molecule has 1 aliphatic heterocycles. The summed E-state index contributed by atoms with van der Waals surface area (Å²) in [5.41, 5.74) is 1.13. The van der Waals surface area contributed by atoms with E-state index < -0.39 is 24.4 Å². The van der Waals surface area contributed by atoms with Crippen LogP contribution < -0.4 is 10.2 Å². The van der Waals surface area contributed by atoms with E-state index in [-0.39, 0.29) is 18.9 Å². The van der Waals surface area contributed by atoms with Crippen molar-refractivity contribution < 1.29 is 19.1 Å². The lowest BCUT2D eigenvalue weighted by molar-refractivity contribution is -0.151. The molecule has 0 aliphatic carbocycles. The zero-order valence-corrected chi connectivity index (χ0v) is 18.4. The predicted molar refractivity (Wildman–Crippen MR) is 113 cm³/mol. The molecule has 0 radical (unpaired) electrons. The Bertz CT molecular complexity index is 921. The van der Waals surface area contributed by atoms with Gasteiger partial charge in [0.25, 0.3) is 5.91 Å². The van der Waals surface area contributed by atoms with Crippen LogP contribution in [0.25, 0.3) is 0 Å². The molecular weight excluding hydrogens is 515 g/mol. The number of nitrogens with zero attached hydrogens (tertiary/aromatic N) is 1. The molecule has 0 saturated carbocycles. The van der Waals surface area contributed by atoms with Gasteiger partial charge in [-0.2, -0.15) is 0 Å². The molecule has 0 spiro atoms. The molecule has 146 valence electrons. The van der Waals surface area contributed by atoms with Crippen molar-refractivity contribution in [2.24, 2.45) is 5.92 Å². The Labute approximate surface area is 183 Å². The molecule has 1 fully saturated rings. The summed E-state index contributed by atoms with van der Waals surface area (Å²) in [5.74, 6) is -1.85. The van der Waals surface area contributed by atoms with E-state index in [0.717, 1.165) is 8.95 Å². The van der Waals surface area contributed by atoms with Crippen molar-refractivity contribution in [1.82, 2.24) is 0 Å². The van der Waals surface area contributed by atoms with Crippen molar-refractivity contribution in [2.75, 3.05) is 23.4 Å². The van der Waals surface area contributed by atoms with E-state index in [4.69, 9.17) is 16.3 Å². The van der Waals surface area contributed by atoms with E-state index >= 15 is 0 Å². The van der Waals surface area contributed by atoms with Gasteiger partial charge in [0.1, 0.15) is 0 Å². The zero-order chi connectivity index (χ0) is 20.3. The molecule has 28 heavy (non-hydrogen) atoms. The van der Waals surface area contributed by atoms with E-state index in [1.54, 1.807) is 35.2 Å². The molecule has 0 bridgehead atoms. The number of carbonyl (C=O) groups excluding carboxylic acids is 3. The first-order valence-electron chi connectivity index (χ1n) is 8.31. The molecule has 1 N–H and O–H groups in total. The summed E-state index contributed by atoms with van der Waals surface area (Å²) < 4.78 is 6.77. The van der Waals surface area contributed by atoms with Crippen molar-refractivity contribution in [1.29, 1.82) is 0 Å². The molecule has 2 aromatic rings. The molecule has 2 amide bonds. The van der Waals surface area contributed by atoms with Crippen LogP contribution in [0.4, 0.5) is 11.4 Å². The number of halogens is 3. The Morgan fingerprint density at radius 3 is 2.50 bits per heavy atom. The van der Waals surface area contributed by atoms with Crippen LogP contribution in [0.5, 0.6) is 0 Å². The first kappa shape index (κ1) is 20.8. The summed E-state index contributed by atoms with van der Waals surface area (Å²) in [7, 11) is 0. The maximum atomic E-state index is 12.3. The summed E-state index contributed by atoms with van der Waals surface area (Å²) in [4.78, 5) is 38.0. The van der Waals surface area contributed by atoms with Crippen LogP contribution in [-0.2, 0) is 19.1 Å². The highest BCUT2D eigenvalue weighted by atomic mass is 79.9. The molecule has 1 atom stereocenters. The van der Waals surface area contributed by atoms with Crippen LogP contribution in [-0.4, -0.2) is 30.9 Å². The Kier molecular flexibility index (Phi) is 6.74. The minimum absolute atomic E-state index is 0.0507. The number of carbonyl (C=O) groups is 3. The number of ether oxygens (including phenoxy) is 1. The van der Waals surface area contributed by atoms with E-state index in [9.17, 15) is 14.4 Å². The van der Waals surface area contributed by atoms with Crippen LogP contribution in [0, 0.1) is 5.92 Å². The van der Waals surface area contributed by atoms with Gasteiger partial charge in [-0.05, 0) is 42.5 Å². The molecule has 9 heteroatoms. The summed E-state index contributed by atoms with van der Waals surface area (Å²) >= 11 is 12.7. The molecule has 2 aromatic carbocycles. The highest BCUT2D eigenvalue weighted by molar-refractivity contribution is 9.10. The molecule has 1 saturated heterocycles. The smallest absolute Gasteiger partial charge is 0.311 e. The molecule has 1 aliphatic rings. The largest absolute Gasteiger partial charge is 0.455 e. The molecule has 6 nitrogen and oxygen atoms in total. The van der Waals surface area contributed by atoms with Crippen LogP contribution >= 0.6 is 43.5 Å². The lowest BCUT2D eigenvalue weighted by Crippen LogP contribution is -2.28. The molecule has 1 heterocycles. The fourth-order valence-electron chi connectivity index (χ4n) is 2.77. The third-order valence-corrected chi connectivity index (χ3v) is 5.48. The minimum Gasteiger partial charge on any atom is -0.455 e. The number of hydrogen-bond donors (Lipinski definition) is 1. The van der Waals surface area contributed by atoms with Crippen molar-refractivity contribution in [3.63, 3.8) is 0 Å². The second-order valence-corrected chi connectivity index (χ2v) is 8.40. The Hall–Kier alpha value is -1.90. The number of rotatable bonds is 5. The van der Waals surface area contributed by atoms with Crippen LogP contribution in [0.3, 0.4) is 0 Å². The fraction of sp³-hybridized carbons (Fsp3) is 0.211. The zero-order valence-electron chi connectivity index (χ0n) is 14.5. The van der Waals surface area contributed by atoms with Crippen LogP contribution in [0.1, 0.15) is 6.42 Å². The van der Waals surface area contributed by atoms with Gasteiger partial charge in [-0.25, -0.2) is 0 Å². The first-order valence-corrected chi connectivity index (χ1v) is 10.3. The Morgan fingerprint density at radius 1 is 1.14 bits per heavy atom. The van der Waals surface area contributed by atoms with E-state index in [0.29, 0.717) is 16.4 Å². The maximum absolute atomic E-state index is 12.3. The molecule has 0 aromatic heterocycles. The van der Waals surface area contributed by atoms with Gasteiger partial charge >= 0.3 is 5.97 Å². The van der Waals surface area contributed by atoms with Gasteiger partial charge in [0.2, 0.25) is 5.91 Å². The second-order valence-electron chi connectivity index (χ2n) is 6.16. The Balaban J connectivity index is 1.53. The number of esters is 1. The van der Waals surface area contributed by atoms with Gasteiger partial charge in [-0.1, -0.05) is 43.5 Å². The van der Waals surface area contributed by atoms with Gasteiger partial charge < -0.3 is 15.0 Å². The number of hydrogen-bond acceptors (Lipinski definition) is 4. The third kappa shape index (κ3) is 5.12. The lowest BCUT2D eigenvalue weighted by atomic mass is 10.1. The first-order chi connectivity index (χ1) is 13.3. The standard InChI is InChI=1S/C19H15Br2ClN2O4/c20-12-1-4-14(5-2-12)24-9-11(7-18(24)26)19(27)28-10-17(25)23-16-6-3-13(21)8-15(16)22/h1-6,8,11H,7,9-10H2,(H,23,25)/t11-/m0/s1. The highest BCUT2D eigenvalue weighted by Crippen LogP contribution is 2.27. The number of anilines is 2. The van der Waals surface area contributed by atoms with E-state index in [1.165, 1.54) is 0 Å². The second kappa shape index (κ2) is 9.07. The number of benzene rings is 2. The van der Waals surface area contributed by atoms with E-state index in [1.807, 2.05) is 12.1 Å². The SMILES string of the molecule is O=C(COC(=O)[C@H]1CC(=O)N(c2ccc(Br)cc2)C1)Nc1ccc(Br)cc1Cl. The summed E-state index contributed by atoms with van der Waals surface area (Å²) in [6.45, 7) is -0.229. The highest BCUT2D eigenvalue weighted by Gasteiger charge is 2.36. The predicted octanol–water partition coefficient (Wildman–Crippen LogP) is 4.40. The summed E-state index contributed by atoms with van der Waals surface area (Å²) in [6.07, 6.45) is 0.0507. The normalized spacial score (nSPS) is 16.2. The van der Waals surface area contributed by atoms with Crippen molar-refractivity contribution in [3.8, 4) is 0 Å². The topological polar surface area (TPSA) is 75.7 Å². The third-order valence-electron chi connectivity index (χ3n) is 4.15. The van der Waals surface area contributed by atoms with Gasteiger partial charge in [0.05, 0.1) is 16.6 Å². The minimum atomic E-state index is -0.611. The van der Waals surface area contributed by atoms with Gasteiger partial charge in [0, 0.05) is 27.6 Å². The summed E-state index contributed by atoms with van der Waals surface area (Å²) in [5, 5.41) is 2.94. The quantitative estimate of drug-likeness (QED) is 0.582. The monoisotopic (exact) mass is 528 g/mol. The molecule has 3 rings (SSSR count). The van der Waals surface area contributed by atoms with E-state index in [2.05, 4.69) is 37.2 Å². The van der Waals surface area contributed by atoms with Crippen molar-refractivity contribution in [2.45, 2.75) is 6.42 Å². The molecular formula is C19H15Br2ClN2O4. The van der Waals surface area contributed by atoms with Crippen LogP contribution in [0.2, 0.25) is 5.02 Å².